The first kappa shape index (κ1) is 13.4. The summed E-state index contributed by atoms with van der Waals surface area (Å²) in [5.74, 6) is 4.21. The fourth-order valence-electron chi connectivity index (χ4n) is 5.54. The van der Waals surface area contributed by atoms with Gasteiger partial charge in [-0.05, 0) is 73.3 Å². The Morgan fingerprint density at radius 2 is 1.55 bits per heavy atom. The third-order valence-electron chi connectivity index (χ3n) is 6.05. The van der Waals surface area contributed by atoms with Gasteiger partial charge in [-0.1, -0.05) is 35.3 Å². The molecule has 0 saturated heterocycles. The molecule has 5 rings (SSSR count). The van der Waals surface area contributed by atoms with Crippen molar-refractivity contribution in [3.8, 4) is 0 Å². The molecule has 3 heteroatoms. The summed E-state index contributed by atoms with van der Waals surface area (Å²) in [6, 6.07) is 5.93. The van der Waals surface area contributed by atoms with Crippen molar-refractivity contribution in [1.82, 2.24) is 0 Å². The molecule has 1 unspecified atom stereocenters. The third kappa shape index (κ3) is 2.01. The molecule has 1 atom stereocenters. The second-order valence-corrected chi connectivity index (χ2v) is 7.96. The van der Waals surface area contributed by atoms with Gasteiger partial charge in [0.1, 0.15) is 0 Å². The van der Waals surface area contributed by atoms with Crippen LogP contribution >= 0.6 is 23.2 Å². The van der Waals surface area contributed by atoms with Gasteiger partial charge in [0, 0.05) is 6.04 Å². The molecule has 1 nitrogen and oxygen atoms in total. The standard InChI is InChI=1S/C17H21Cl2N/c18-14-3-1-2-13(16(14)19)17(20)15-11-5-9-4-10(7-11)8-12(15)6-9/h1-3,9-12,15,17H,4-8,20H2. The highest BCUT2D eigenvalue weighted by atomic mass is 35.5. The highest BCUT2D eigenvalue weighted by Crippen LogP contribution is 2.59. The van der Waals surface area contributed by atoms with E-state index in [0.717, 1.165) is 29.2 Å². The molecule has 1 aromatic rings. The number of nitrogens with two attached hydrogens (primary N) is 1. The van der Waals surface area contributed by atoms with Crippen LogP contribution in [-0.4, -0.2) is 0 Å². The monoisotopic (exact) mass is 309 g/mol. The first-order chi connectivity index (χ1) is 9.63. The summed E-state index contributed by atoms with van der Waals surface area (Å²) in [6.45, 7) is 0. The zero-order chi connectivity index (χ0) is 13.9. The van der Waals surface area contributed by atoms with Gasteiger partial charge < -0.3 is 5.73 Å². The number of rotatable bonds is 2. The summed E-state index contributed by atoms with van der Waals surface area (Å²) in [4.78, 5) is 0. The van der Waals surface area contributed by atoms with E-state index in [-0.39, 0.29) is 6.04 Å². The Balaban J connectivity index is 1.65. The van der Waals surface area contributed by atoms with E-state index in [4.69, 9.17) is 28.9 Å². The summed E-state index contributed by atoms with van der Waals surface area (Å²) in [5.41, 5.74) is 7.70. The van der Waals surface area contributed by atoms with Gasteiger partial charge in [-0.2, -0.15) is 0 Å². The van der Waals surface area contributed by atoms with Gasteiger partial charge in [-0.3, -0.25) is 0 Å². The Hall–Kier alpha value is -0.240. The Bertz CT molecular complexity index is 500. The van der Waals surface area contributed by atoms with E-state index < -0.39 is 0 Å². The SMILES string of the molecule is NC(c1cccc(Cl)c1Cl)C1C2CC3CC(C2)CC1C3. The molecule has 2 N–H and O–H groups in total. The number of hydrogen-bond donors (Lipinski definition) is 1. The average Bonchev–Trinajstić information content (AvgIpc) is 2.40. The predicted molar refractivity (Wildman–Crippen MR) is 83.9 cm³/mol. The summed E-state index contributed by atoms with van der Waals surface area (Å²) in [6.07, 6.45) is 7.05. The maximum absolute atomic E-state index is 6.65. The Kier molecular flexibility index (Phi) is 3.29. The first-order valence-electron chi connectivity index (χ1n) is 7.83. The van der Waals surface area contributed by atoms with E-state index in [9.17, 15) is 0 Å². The van der Waals surface area contributed by atoms with E-state index in [1.54, 1.807) is 0 Å². The van der Waals surface area contributed by atoms with Crippen LogP contribution in [0.4, 0.5) is 0 Å². The smallest absolute Gasteiger partial charge is 0.0640 e. The molecule has 0 aromatic heterocycles. The normalized spacial score (nSPS) is 40.0. The molecule has 4 aliphatic rings. The molecule has 4 fully saturated rings. The molecule has 4 saturated carbocycles. The van der Waals surface area contributed by atoms with Crippen LogP contribution in [0.1, 0.15) is 43.7 Å². The van der Waals surface area contributed by atoms with Gasteiger partial charge in [-0.25, -0.2) is 0 Å². The van der Waals surface area contributed by atoms with E-state index in [1.165, 1.54) is 32.1 Å². The maximum atomic E-state index is 6.65. The Labute approximate surface area is 130 Å². The highest BCUT2D eigenvalue weighted by Gasteiger charge is 2.50. The first-order valence-corrected chi connectivity index (χ1v) is 8.58. The van der Waals surface area contributed by atoms with Gasteiger partial charge in [0.25, 0.3) is 0 Å². The molecule has 20 heavy (non-hydrogen) atoms. The summed E-state index contributed by atoms with van der Waals surface area (Å²) in [5, 5.41) is 1.29. The largest absolute Gasteiger partial charge is 0.324 e. The van der Waals surface area contributed by atoms with Crippen LogP contribution in [0.3, 0.4) is 0 Å². The van der Waals surface area contributed by atoms with E-state index in [0.29, 0.717) is 16.0 Å². The maximum Gasteiger partial charge on any atom is 0.0640 e. The highest BCUT2D eigenvalue weighted by molar-refractivity contribution is 6.42. The fourth-order valence-corrected chi connectivity index (χ4v) is 5.97. The van der Waals surface area contributed by atoms with Crippen LogP contribution in [0.5, 0.6) is 0 Å². The molecule has 4 bridgehead atoms. The Morgan fingerprint density at radius 1 is 0.950 bits per heavy atom. The van der Waals surface area contributed by atoms with Crippen LogP contribution in [0.25, 0.3) is 0 Å². The van der Waals surface area contributed by atoms with Crippen molar-refractivity contribution < 1.29 is 0 Å². The summed E-state index contributed by atoms with van der Waals surface area (Å²) < 4.78 is 0. The lowest BCUT2D eigenvalue weighted by Crippen LogP contribution is -2.48. The lowest BCUT2D eigenvalue weighted by molar-refractivity contribution is -0.0471. The van der Waals surface area contributed by atoms with Crippen molar-refractivity contribution in [1.29, 1.82) is 0 Å². The second-order valence-electron chi connectivity index (χ2n) is 7.18. The molecule has 108 valence electrons. The van der Waals surface area contributed by atoms with Crippen molar-refractivity contribution in [2.75, 3.05) is 0 Å². The van der Waals surface area contributed by atoms with Gasteiger partial charge in [-0.15, -0.1) is 0 Å². The van der Waals surface area contributed by atoms with Gasteiger partial charge in [0.05, 0.1) is 10.0 Å². The van der Waals surface area contributed by atoms with Crippen LogP contribution in [-0.2, 0) is 0 Å². The summed E-state index contributed by atoms with van der Waals surface area (Å²) in [7, 11) is 0. The minimum absolute atomic E-state index is 0.0520. The molecule has 4 aliphatic carbocycles. The number of benzene rings is 1. The van der Waals surface area contributed by atoms with Gasteiger partial charge in [0.2, 0.25) is 0 Å². The molecule has 0 amide bonds. The third-order valence-corrected chi connectivity index (χ3v) is 6.89. The molecular formula is C17H21Cl2N. The summed E-state index contributed by atoms with van der Waals surface area (Å²) >= 11 is 12.5. The van der Waals surface area contributed by atoms with E-state index in [2.05, 4.69) is 6.07 Å². The number of halogens is 2. The minimum atomic E-state index is 0.0520. The molecule has 1 aromatic carbocycles. The fraction of sp³-hybridized carbons (Fsp3) is 0.647. The van der Waals surface area contributed by atoms with Crippen molar-refractivity contribution in [3.63, 3.8) is 0 Å². The molecular weight excluding hydrogens is 289 g/mol. The van der Waals surface area contributed by atoms with Crippen LogP contribution in [0.2, 0.25) is 10.0 Å². The van der Waals surface area contributed by atoms with Crippen LogP contribution < -0.4 is 5.73 Å². The average molecular weight is 310 g/mol. The lowest BCUT2D eigenvalue weighted by Gasteiger charge is -2.56. The van der Waals surface area contributed by atoms with Gasteiger partial charge >= 0.3 is 0 Å². The second kappa shape index (κ2) is 4.90. The van der Waals surface area contributed by atoms with E-state index >= 15 is 0 Å². The molecule has 0 heterocycles. The van der Waals surface area contributed by atoms with Crippen molar-refractivity contribution in [2.45, 2.75) is 38.1 Å². The minimum Gasteiger partial charge on any atom is -0.324 e. The zero-order valence-corrected chi connectivity index (χ0v) is 13.1. The zero-order valence-electron chi connectivity index (χ0n) is 11.6. The van der Waals surface area contributed by atoms with Crippen molar-refractivity contribution in [3.05, 3.63) is 33.8 Å². The molecule has 0 aliphatic heterocycles. The quantitative estimate of drug-likeness (QED) is 0.811. The van der Waals surface area contributed by atoms with Crippen LogP contribution in [0.15, 0.2) is 18.2 Å². The Morgan fingerprint density at radius 3 is 2.15 bits per heavy atom. The van der Waals surface area contributed by atoms with Crippen molar-refractivity contribution in [2.24, 2.45) is 35.3 Å². The predicted octanol–water partition coefficient (Wildman–Crippen LogP) is 5.07. The topological polar surface area (TPSA) is 26.0 Å². The molecule has 0 spiro atoms. The molecule has 0 radical (unpaired) electrons. The van der Waals surface area contributed by atoms with Crippen LogP contribution in [0, 0.1) is 29.6 Å². The lowest BCUT2D eigenvalue weighted by atomic mass is 9.50. The van der Waals surface area contributed by atoms with Gasteiger partial charge in [0.15, 0.2) is 0 Å². The van der Waals surface area contributed by atoms with E-state index in [1.807, 2.05) is 12.1 Å². The van der Waals surface area contributed by atoms with Crippen molar-refractivity contribution >= 4 is 23.2 Å². The number of hydrogen-bond acceptors (Lipinski definition) is 1.